The van der Waals surface area contributed by atoms with E-state index >= 15 is 0 Å². The molecule has 3 rings (SSSR count). The van der Waals surface area contributed by atoms with Crippen molar-refractivity contribution in [3.63, 3.8) is 0 Å². The van der Waals surface area contributed by atoms with Crippen molar-refractivity contribution in [2.24, 2.45) is 5.92 Å². The number of carbonyl (C=O) groups excluding carboxylic acids is 1. The van der Waals surface area contributed by atoms with E-state index < -0.39 is 0 Å². The number of H-pyrrole nitrogens is 1. The first-order valence-electron chi connectivity index (χ1n) is 7.96. The van der Waals surface area contributed by atoms with Crippen molar-refractivity contribution < 1.29 is 4.79 Å². The predicted octanol–water partition coefficient (Wildman–Crippen LogP) is 1.49. The summed E-state index contributed by atoms with van der Waals surface area (Å²) in [5.41, 5.74) is 1.51. The molecule has 118 valence electrons. The van der Waals surface area contributed by atoms with Gasteiger partial charge in [0.05, 0.1) is 12.2 Å². The Morgan fingerprint density at radius 3 is 3.23 bits per heavy atom. The number of anilines is 1. The van der Waals surface area contributed by atoms with Gasteiger partial charge < -0.3 is 15.2 Å². The molecule has 22 heavy (non-hydrogen) atoms. The molecule has 0 radical (unpaired) electrons. The van der Waals surface area contributed by atoms with Crippen molar-refractivity contribution >= 4 is 22.9 Å². The maximum atomic E-state index is 12.3. The number of amides is 1. The molecule has 2 aromatic rings. The Morgan fingerprint density at radius 2 is 2.36 bits per heavy atom. The summed E-state index contributed by atoms with van der Waals surface area (Å²) in [4.78, 5) is 30.2. The molecule has 0 bridgehead atoms. The van der Waals surface area contributed by atoms with E-state index in [-0.39, 0.29) is 11.8 Å². The van der Waals surface area contributed by atoms with Crippen LogP contribution < -0.4 is 10.2 Å². The van der Waals surface area contributed by atoms with E-state index in [0.717, 1.165) is 50.1 Å². The van der Waals surface area contributed by atoms with Crippen LogP contribution in [0.2, 0.25) is 0 Å². The number of rotatable bonds is 5. The Hall–Kier alpha value is -2.18. The van der Waals surface area contributed by atoms with Gasteiger partial charge in [0, 0.05) is 19.6 Å². The lowest BCUT2D eigenvalue weighted by Gasteiger charge is -2.32. The van der Waals surface area contributed by atoms with Crippen LogP contribution in [-0.4, -0.2) is 45.5 Å². The molecule has 0 aliphatic carbocycles. The summed E-state index contributed by atoms with van der Waals surface area (Å²) >= 11 is 0. The molecule has 1 aliphatic heterocycles. The molecule has 1 amide bonds. The summed E-state index contributed by atoms with van der Waals surface area (Å²) in [5.74, 6) is 1.03. The van der Waals surface area contributed by atoms with Crippen molar-refractivity contribution in [3.05, 3.63) is 12.7 Å². The van der Waals surface area contributed by atoms with Crippen molar-refractivity contribution in [2.45, 2.75) is 32.6 Å². The van der Waals surface area contributed by atoms with Crippen LogP contribution in [0.25, 0.3) is 11.2 Å². The molecular formula is C15H22N6O. The third kappa shape index (κ3) is 3.03. The van der Waals surface area contributed by atoms with Gasteiger partial charge >= 0.3 is 0 Å². The summed E-state index contributed by atoms with van der Waals surface area (Å²) in [6.07, 6.45) is 7.21. The second-order valence-corrected chi connectivity index (χ2v) is 5.73. The molecule has 7 heteroatoms. The highest BCUT2D eigenvalue weighted by atomic mass is 16.1. The Morgan fingerprint density at radius 1 is 1.45 bits per heavy atom. The van der Waals surface area contributed by atoms with Crippen LogP contribution in [0.5, 0.6) is 0 Å². The van der Waals surface area contributed by atoms with Crippen molar-refractivity contribution in [1.82, 2.24) is 25.3 Å². The number of piperidine rings is 1. The second kappa shape index (κ2) is 6.72. The van der Waals surface area contributed by atoms with Crippen LogP contribution in [0.1, 0.15) is 32.6 Å². The molecule has 1 fully saturated rings. The van der Waals surface area contributed by atoms with Crippen LogP contribution in [0.3, 0.4) is 0 Å². The monoisotopic (exact) mass is 302 g/mol. The molecule has 0 saturated carbocycles. The number of fused-ring (bicyclic) bond motifs is 1. The largest absolute Gasteiger partial charge is 0.356 e. The number of nitrogens with zero attached hydrogens (tertiary/aromatic N) is 4. The fourth-order valence-corrected chi connectivity index (χ4v) is 2.91. The lowest BCUT2D eigenvalue weighted by atomic mass is 9.97. The highest BCUT2D eigenvalue weighted by Crippen LogP contribution is 2.25. The number of hydrogen-bond donors (Lipinski definition) is 2. The van der Waals surface area contributed by atoms with E-state index in [1.807, 2.05) is 0 Å². The standard InChI is InChI=1S/C15H22N6O/c1-2-3-6-16-15(22)11-5-4-7-21(8-11)14-12-13(18-9-17-12)19-10-20-14/h9-11H,2-8H2,1H3,(H,16,22)(H,17,18,19,20). The zero-order valence-corrected chi connectivity index (χ0v) is 12.9. The van der Waals surface area contributed by atoms with Crippen LogP contribution >= 0.6 is 0 Å². The fourth-order valence-electron chi connectivity index (χ4n) is 2.91. The highest BCUT2D eigenvalue weighted by Gasteiger charge is 2.27. The fraction of sp³-hybridized carbons (Fsp3) is 0.600. The number of imidazole rings is 1. The maximum Gasteiger partial charge on any atom is 0.224 e. The summed E-state index contributed by atoms with van der Waals surface area (Å²) in [5, 5.41) is 3.04. The Labute approximate surface area is 129 Å². The molecule has 1 saturated heterocycles. The number of unbranched alkanes of at least 4 members (excludes halogenated alkanes) is 1. The first-order chi connectivity index (χ1) is 10.8. The molecule has 3 heterocycles. The van der Waals surface area contributed by atoms with Gasteiger partial charge in [-0.25, -0.2) is 15.0 Å². The molecule has 2 aromatic heterocycles. The summed E-state index contributed by atoms with van der Waals surface area (Å²) in [6.45, 7) is 4.50. The predicted molar refractivity (Wildman–Crippen MR) is 84.5 cm³/mol. The quantitative estimate of drug-likeness (QED) is 0.817. The first kappa shape index (κ1) is 14.7. The van der Waals surface area contributed by atoms with Crippen LogP contribution in [0.15, 0.2) is 12.7 Å². The Bertz CT molecular complexity index is 640. The minimum Gasteiger partial charge on any atom is -0.356 e. The average Bonchev–Trinajstić information content (AvgIpc) is 3.03. The smallest absolute Gasteiger partial charge is 0.224 e. The summed E-state index contributed by atoms with van der Waals surface area (Å²) < 4.78 is 0. The molecule has 2 N–H and O–H groups in total. The highest BCUT2D eigenvalue weighted by molar-refractivity contribution is 5.84. The van der Waals surface area contributed by atoms with Gasteiger partial charge in [-0.05, 0) is 19.3 Å². The van der Waals surface area contributed by atoms with E-state index in [1.54, 1.807) is 6.33 Å². The average molecular weight is 302 g/mol. The zero-order chi connectivity index (χ0) is 15.4. The van der Waals surface area contributed by atoms with Crippen molar-refractivity contribution in [2.75, 3.05) is 24.5 Å². The molecule has 1 aliphatic rings. The minimum atomic E-state index is 0.0264. The first-order valence-corrected chi connectivity index (χ1v) is 7.96. The van der Waals surface area contributed by atoms with Gasteiger partial charge in [0.25, 0.3) is 0 Å². The van der Waals surface area contributed by atoms with E-state index in [1.165, 1.54) is 6.33 Å². The molecule has 0 aromatic carbocycles. The van der Waals surface area contributed by atoms with Gasteiger partial charge in [-0.3, -0.25) is 4.79 Å². The van der Waals surface area contributed by atoms with E-state index in [4.69, 9.17) is 0 Å². The lowest BCUT2D eigenvalue weighted by molar-refractivity contribution is -0.125. The maximum absolute atomic E-state index is 12.3. The SMILES string of the molecule is CCCCNC(=O)C1CCCN(c2ncnc3nc[nH]c23)C1. The van der Waals surface area contributed by atoms with E-state index in [0.29, 0.717) is 12.2 Å². The molecule has 1 unspecified atom stereocenters. The number of aromatic amines is 1. The Kier molecular flexibility index (Phi) is 4.50. The Balaban J connectivity index is 1.70. The van der Waals surface area contributed by atoms with Crippen LogP contribution in [0, 0.1) is 5.92 Å². The summed E-state index contributed by atoms with van der Waals surface area (Å²) in [7, 11) is 0. The van der Waals surface area contributed by atoms with Crippen molar-refractivity contribution in [1.29, 1.82) is 0 Å². The molecule has 0 spiro atoms. The third-order valence-corrected chi connectivity index (χ3v) is 4.12. The van der Waals surface area contributed by atoms with Gasteiger partial charge in [0.1, 0.15) is 11.8 Å². The van der Waals surface area contributed by atoms with Gasteiger partial charge in [-0.2, -0.15) is 0 Å². The number of nitrogens with one attached hydrogen (secondary N) is 2. The number of aromatic nitrogens is 4. The number of hydrogen-bond acceptors (Lipinski definition) is 5. The van der Waals surface area contributed by atoms with Gasteiger partial charge in [0.2, 0.25) is 5.91 Å². The lowest BCUT2D eigenvalue weighted by Crippen LogP contribution is -2.43. The topological polar surface area (TPSA) is 86.8 Å². The van der Waals surface area contributed by atoms with E-state index in [9.17, 15) is 4.79 Å². The number of carbonyl (C=O) groups is 1. The van der Waals surface area contributed by atoms with Gasteiger partial charge in [-0.1, -0.05) is 13.3 Å². The van der Waals surface area contributed by atoms with Crippen LogP contribution in [-0.2, 0) is 4.79 Å². The minimum absolute atomic E-state index is 0.0264. The normalized spacial score (nSPS) is 18.6. The van der Waals surface area contributed by atoms with Gasteiger partial charge in [-0.15, -0.1) is 0 Å². The van der Waals surface area contributed by atoms with E-state index in [2.05, 4.69) is 37.1 Å². The van der Waals surface area contributed by atoms with Crippen molar-refractivity contribution in [3.8, 4) is 0 Å². The van der Waals surface area contributed by atoms with Crippen LogP contribution in [0.4, 0.5) is 5.82 Å². The molecule has 1 atom stereocenters. The molecule has 7 nitrogen and oxygen atoms in total. The zero-order valence-electron chi connectivity index (χ0n) is 12.9. The van der Waals surface area contributed by atoms with Gasteiger partial charge in [0.15, 0.2) is 11.5 Å². The third-order valence-electron chi connectivity index (χ3n) is 4.12. The molecular weight excluding hydrogens is 280 g/mol. The summed E-state index contributed by atoms with van der Waals surface area (Å²) in [6, 6.07) is 0. The second-order valence-electron chi connectivity index (χ2n) is 5.73.